The van der Waals surface area contributed by atoms with E-state index in [4.69, 9.17) is 9.47 Å². The molecule has 0 saturated heterocycles. The van der Waals surface area contributed by atoms with Crippen molar-refractivity contribution in [2.75, 3.05) is 19.0 Å². The minimum absolute atomic E-state index is 0.0531. The van der Waals surface area contributed by atoms with Crippen molar-refractivity contribution in [3.05, 3.63) is 53.6 Å². The van der Waals surface area contributed by atoms with Gasteiger partial charge < -0.3 is 14.8 Å². The number of hydrogen-bond acceptors (Lipinski definition) is 4. The zero-order valence-corrected chi connectivity index (χ0v) is 14.8. The summed E-state index contributed by atoms with van der Waals surface area (Å²) in [6, 6.07) is 12.4. The zero-order valence-electron chi connectivity index (χ0n) is 14.8. The molecule has 1 N–H and O–H groups in total. The van der Waals surface area contributed by atoms with Crippen LogP contribution >= 0.6 is 0 Å². The second-order valence-corrected chi connectivity index (χ2v) is 5.65. The van der Waals surface area contributed by atoms with Crippen LogP contribution in [0.1, 0.15) is 36.2 Å². The average molecular weight is 341 g/mol. The Kier molecular flexibility index (Phi) is 6.57. The maximum absolute atomic E-state index is 12.5. The van der Waals surface area contributed by atoms with Crippen molar-refractivity contribution in [3.8, 4) is 11.5 Å². The fraction of sp³-hybridized carbons (Fsp3) is 0.300. The Morgan fingerprint density at radius 1 is 1.08 bits per heavy atom. The van der Waals surface area contributed by atoms with Crippen LogP contribution in [0.3, 0.4) is 0 Å². The first kappa shape index (κ1) is 18.5. The van der Waals surface area contributed by atoms with Crippen molar-refractivity contribution in [2.45, 2.75) is 26.7 Å². The minimum atomic E-state index is -0.202. The van der Waals surface area contributed by atoms with Crippen LogP contribution in [0, 0.1) is 0 Å². The molecule has 5 nitrogen and oxygen atoms in total. The van der Waals surface area contributed by atoms with Crippen LogP contribution in [0.5, 0.6) is 11.5 Å². The molecule has 0 saturated carbocycles. The second-order valence-electron chi connectivity index (χ2n) is 5.65. The molecule has 132 valence electrons. The lowest BCUT2D eigenvalue weighted by Crippen LogP contribution is -2.16. The number of para-hydroxylation sites is 2. The number of Topliss-reactive ketones (excluding diaryl/α,β-unsaturated/α-hetero) is 1. The van der Waals surface area contributed by atoms with Crippen LogP contribution in [0.2, 0.25) is 0 Å². The van der Waals surface area contributed by atoms with E-state index in [1.807, 2.05) is 25.1 Å². The van der Waals surface area contributed by atoms with E-state index in [0.29, 0.717) is 34.9 Å². The number of hydrogen-bond donors (Lipinski definition) is 1. The Balaban J connectivity index is 2.15. The molecule has 25 heavy (non-hydrogen) atoms. The van der Waals surface area contributed by atoms with Crippen LogP contribution < -0.4 is 14.8 Å². The number of anilines is 1. The highest BCUT2D eigenvalue weighted by molar-refractivity contribution is 5.96. The van der Waals surface area contributed by atoms with Gasteiger partial charge in [-0.15, -0.1) is 0 Å². The van der Waals surface area contributed by atoms with Gasteiger partial charge in [0.15, 0.2) is 5.78 Å². The molecule has 5 heteroatoms. The van der Waals surface area contributed by atoms with Crippen molar-refractivity contribution < 1.29 is 19.1 Å². The molecule has 0 atom stereocenters. The Bertz CT molecular complexity index is 755. The van der Waals surface area contributed by atoms with E-state index in [2.05, 4.69) is 5.32 Å². The molecule has 0 aliphatic heterocycles. The third-order valence-corrected chi connectivity index (χ3v) is 3.66. The molecular weight excluding hydrogens is 318 g/mol. The highest BCUT2D eigenvalue weighted by Crippen LogP contribution is 2.25. The SMILES string of the molecule is CCCOc1ccccc1NC(=O)Cc1cc(C(C)=O)ccc1OC. The van der Waals surface area contributed by atoms with Crippen LogP contribution in [0.15, 0.2) is 42.5 Å². The maximum Gasteiger partial charge on any atom is 0.229 e. The largest absolute Gasteiger partial charge is 0.496 e. The molecule has 2 aromatic carbocycles. The first-order chi connectivity index (χ1) is 12.0. The Morgan fingerprint density at radius 2 is 1.84 bits per heavy atom. The molecule has 0 fully saturated rings. The lowest BCUT2D eigenvalue weighted by atomic mass is 10.0. The van der Waals surface area contributed by atoms with Crippen LogP contribution in [0.4, 0.5) is 5.69 Å². The molecule has 0 aromatic heterocycles. The molecule has 0 spiro atoms. The maximum atomic E-state index is 12.5. The quantitative estimate of drug-likeness (QED) is 0.740. The van der Waals surface area contributed by atoms with E-state index < -0.39 is 0 Å². The number of carbonyl (C=O) groups excluding carboxylic acids is 2. The summed E-state index contributed by atoms with van der Waals surface area (Å²) in [5.74, 6) is 0.965. The van der Waals surface area contributed by atoms with Gasteiger partial charge in [-0.1, -0.05) is 19.1 Å². The lowest BCUT2D eigenvalue weighted by molar-refractivity contribution is -0.115. The van der Waals surface area contributed by atoms with E-state index >= 15 is 0 Å². The van der Waals surface area contributed by atoms with Gasteiger partial charge >= 0.3 is 0 Å². The molecule has 0 radical (unpaired) electrons. The van der Waals surface area contributed by atoms with Crippen molar-refractivity contribution in [1.82, 2.24) is 0 Å². The number of carbonyl (C=O) groups is 2. The molecule has 1 amide bonds. The number of benzene rings is 2. The van der Waals surface area contributed by atoms with Gasteiger partial charge in [0.25, 0.3) is 0 Å². The van der Waals surface area contributed by atoms with Crippen molar-refractivity contribution in [1.29, 1.82) is 0 Å². The highest BCUT2D eigenvalue weighted by Gasteiger charge is 2.13. The van der Waals surface area contributed by atoms with Crippen LogP contribution in [-0.4, -0.2) is 25.4 Å². The summed E-state index contributed by atoms with van der Waals surface area (Å²) in [5.41, 5.74) is 1.84. The number of amides is 1. The minimum Gasteiger partial charge on any atom is -0.496 e. The van der Waals surface area contributed by atoms with E-state index in [-0.39, 0.29) is 18.1 Å². The highest BCUT2D eigenvalue weighted by atomic mass is 16.5. The standard InChI is InChI=1S/C20H23NO4/c1-4-11-25-19-8-6-5-7-17(19)21-20(23)13-16-12-15(14(2)22)9-10-18(16)24-3/h5-10,12H,4,11,13H2,1-3H3,(H,21,23). The summed E-state index contributed by atoms with van der Waals surface area (Å²) >= 11 is 0. The first-order valence-corrected chi connectivity index (χ1v) is 8.24. The predicted molar refractivity (Wildman–Crippen MR) is 97.6 cm³/mol. The van der Waals surface area contributed by atoms with Gasteiger partial charge in [0.05, 0.1) is 25.8 Å². The monoisotopic (exact) mass is 341 g/mol. The van der Waals surface area contributed by atoms with Crippen molar-refractivity contribution in [2.24, 2.45) is 0 Å². The molecule has 0 bridgehead atoms. The van der Waals surface area contributed by atoms with Crippen LogP contribution in [0.25, 0.3) is 0 Å². The van der Waals surface area contributed by atoms with E-state index in [1.165, 1.54) is 14.0 Å². The smallest absolute Gasteiger partial charge is 0.229 e. The Labute approximate surface area is 148 Å². The van der Waals surface area contributed by atoms with Gasteiger partial charge in [-0.25, -0.2) is 0 Å². The van der Waals surface area contributed by atoms with E-state index in [0.717, 1.165) is 6.42 Å². The number of ketones is 1. The molecule has 0 aliphatic rings. The Morgan fingerprint density at radius 3 is 2.52 bits per heavy atom. The molecule has 2 rings (SSSR count). The van der Waals surface area contributed by atoms with E-state index in [9.17, 15) is 9.59 Å². The Hall–Kier alpha value is -2.82. The summed E-state index contributed by atoms with van der Waals surface area (Å²) in [6.07, 6.45) is 0.990. The number of nitrogens with one attached hydrogen (secondary N) is 1. The van der Waals surface area contributed by atoms with Gasteiger partial charge in [0.1, 0.15) is 11.5 Å². The summed E-state index contributed by atoms with van der Waals surface area (Å²) in [5, 5.41) is 2.86. The van der Waals surface area contributed by atoms with Gasteiger partial charge in [-0.2, -0.15) is 0 Å². The average Bonchev–Trinajstić information content (AvgIpc) is 2.60. The second kappa shape index (κ2) is 8.87. The zero-order chi connectivity index (χ0) is 18.2. The number of rotatable bonds is 8. The topological polar surface area (TPSA) is 64.6 Å². The van der Waals surface area contributed by atoms with Gasteiger partial charge in [0, 0.05) is 11.1 Å². The molecule has 0 aliphatic carbocycles. The molecular formula is C20H23NO4. The summed E-state index contributed by atoms with van der Waals surface area (Å²) in [7, 11) is 1.54. The van der Waals surface area contributed by atoms with Gasteiger partial charge in [-0.05, 0) is 43.7 Å². The first-order valence-electron chi connectivity index (χ1n) is 8.24. The fourth-order valence-electron chi connectivity index (χ4n) is 2.41. The third kappa shape index (κ3) is 5.08. The summed E-state index contributed by atoms with van der Waals surface area (Å²) in [4.78, 5) is 24.0. The summed E-state index contributed by atoms with van der Waals surface area (Å²) in [6.45, 7) is 4.10. The van der Waals surface area contributed by atoms with Crippen molar-refractivity contribution >= 4 is 17.4 Å². The summed E-state index contributed by atoms with van der Waals surface area (Å²) < 4.78 is 10.9. The van der Waals surface area contributed by atoms with Crippen molar-refractivity contribution in [3.63, 3.8) is 0 Å². The van der Waals surface area contributed by atoms with Gasteiger partial charge in [-0.3, -0.25) is 9.59 Å². The predicted octanol–water partition coefficient (Wildman–Crippen LogP) is 3.87. The lowest BCUT2D eigenvalue weighted by Gasteiger charge is -2.13. The van der Waals surface area contributed by atoms with Gasteiger partial charge in [0.2, 0.25) is 5.91 Å². The third-order valence-electron chi connectivity index (χ3n) is 3.66. The number of methoxy groups -OCH3 is 1. The van der Waals surface area contributed by atoms with Crippen LogP contribution in [-0.2, 0) is 11.2 Å². The molecule has 0 unspecified atom stereocenters. The molecule has 2 aromatic rings. The van der Waals surface area contributed by atoms with E-state index in [1.54, 1.807) is 24.3 Å². The normalized spacial score (nSPS) is 10.2. The fourth-order valence-corrected chi connectivity index (χ4v) is 2.41. The molecule has 0 heterocycles. The number of ether oxygens (including phenoxy) is 2.